The number of methoxy groups -OCH3 is 1. The molecule has 3 N–H and O–H groups in total. The molecule has 3 aromatic rings. The van der Waals surface area contributed by atoms with Crippen molar-refractivity contribution in [1.82, 2.24) is 30.0 Å². The lowest BCUT2D eigenvalue weighted by atomic mass is 9.89. The largest absolute Gasteiger partial charge is 0.487 e. The molecule has 3 fully saturated rings. The number of hydrogen-bond donors (Lipinski definition) is 3. The SMILES string of the molecule is COCC(F)(F)COc1nn([C@H]2CC[C@H](N3[C@@H]4CC[C@H]3COC4)CC2)cc1Nc1ncc(-c2ccc(Cl)c(O[C@@H](C)CNC=N)c2)cn1. The number of ether oxygens (including phenoxy) is 4. The van der Waals surface area contributed by atoms with Gasteiger partial charge in [-0.15, -0.1) is 5.10 Å². The van der Waals surface area contributed by atoms with Crippen LogP contribution in [0.2, 0.25) is 5.02 Å². The molecular weight excluding hydrogens is 646 g/mol. The van der Waals surface area contributed by atoms with Crippen molar-refractivity contribution in [2.24, 2.45) is 0 Å². The molecule has 3 aliphatic rings. The van der Waals surface area contributed by atoms with Gasteiger partial charge in [0.1, 0.15) is 24.1 Å². The van der Waals surface area contributed by atoms with E-state index >= 15 is 0 Å². The van der Waals surface area contributed by atoms with E-state index in [9.17, 15) is 8.78 Å². The molecule has 15 heteroatoms. The van der Waals surface area contributed by atoms with Gasteiger partial charge < -0.3 is 29.6 Å². The summed E-state index contributed by atoms with van der Waals surface area (Å²) in [5, 5.41) is 18.2. The van der Waals surface area contributed by atoms with Gasteiger partial charge in [-0.05, 0) is 63.1 Å². The molecule has 2 bridgehead atoms. The molecule has 1 aromatic carbocycles. The van der Waals surface area contributed by atoms with Gasteiger partial charge in [-0.25, -0.2) is 18.7 Å². The molecule has 12 nitrogen and oxygen atoms in total. The normalized spacial score (nSPS) is 23.4. The molecule has 6 rings (SSSR count). The second-order valence-electron chi connectivity index (χ2n) is 12.8. The number of morpholine rings is 1. The second kappa shape index (κ2) is 15.3. The number of halogens is 3. The van der Waals surface area contributed by atoms with Gasteiger partial charge in [0, 0.05) is 43.2 Å². The van der Waals surface area contributed by atoms with Crippen LogP contribution in [0.5, 0.6) is 11.6 Å². The number of benzene rings is 1. The zero-order chi connectivity index (χ0) is 33.7. The Labute approximate surface area is 284 Å². The molecular formula is C33H43ClF2N8O4. The van der Waals surface area contributed by atoms with Crippen LogP contribution in [0.4, 0.5) is 20.4 Å². The van der Waals surface area contributed by atoms with E-state index < -0.39 is 19.1 Å². The number of hydrogen-bond acceptors (Lipinski definition) is 10. The molecule has 4 heterocycles. The summed E-state index contributed by atoms with van der Waals surface area (Å²) >= 11 is 6.37. The molecule has 0 radical (unpaired) electrons. The van der Waals surface area contributed by atoms with Crippen molar-refractivity contribution in [2.75, 3.05) is 45.4 Å². The van der Waals surface area contributed by atoms with Gasteiger partial charge in [-0.1, -0.05) is 17.7 Å². The highest BCUT2D eigenvalue weighted by Gasteiger charge is 2.42. The summed E-state index contributed by atoms with van der Waals surface area (Å²) in [7, 11) is 1.23. The quantitative estimate of drug-likeness (QED) is 0.135. The Morgan fingerprint density at radius 2 is 1.73 bits per heavy atom. The zero-order valence-corrected chi connectivity index (χ0v) is 28.0. The highest BCUT2D eigenvalue weighted by Crippen LogP contribution is 2.40. The van der Waals surface area contributed by atoms with Crippen LogP contribution < -0.4 is 20.1 Å². The average molecular weight is 689 g/mol. The van der Waals surface area contributed by atoms with Gasteiger partial charge in [-0.3, -0.25) is 15.0 Å². The van der Waals surface area contributed by atoms with E-state index in [-0.39, 0.29) is 24.0 Å². The van der Waals surface area contributed by atoms with Crippen LogP contribution in [0, 0.1) is 5.41 Å². The molecule has 2 aliphatic heterocycles. The van der Waals surface area contributed by atoms with Gasteiger partial charge in [0.15, 0.2) is 6.61 Å². The van der Waals surface area contributed by atoms with Crippen LogP contribution in [0.25, 0.3) is 11.1 Å². The van der Waals surface area contributed by atoms with Crippen LogP contribution >= 0.6 is 11.6 Å². The first kappa shape index (κ1) is 34.3. The Hall–Kier alpha value is -3.59. The van der Waals surface area contributed by atoms with Crippen molar-refractivity contribution >= 4 is 29.6 Å². The number of alkyl halides is 2. The molecule has 0 spiro atoms. The molecule has 0 unspecified atom stereocenters. The Balaban J connectivity index is 1.15. The predicted octanol–water partition coefficient (Wildman–Crippen LogP) is 5.71. The number of nitrogens with zero attached hydrogens (tertiary/aromatic N) is 5. The van der Waals surface area contributed by atoms with Crippen molar-refractivity contribution in [2.45, 2.75) is 81.6 Å². The van der Waals surface area contributed by atoms with Crippen LogP contribution in [0.3, 0.4) is 0 Å². The number of anilines is 2. The number of aromatic nitrogens is 4. The van der Waals surface area contributed by atoms with E-state index in [1.165, 1.54) is 20.0 Å². The Bertz CT molecular complexity index is 1510. The van der Waals surface area contributed by atoms with E-state index in [0.717, 1.165) is 56.4 Å². The molecule has 1 aliphatic carbocycles. The topological polar surface area (TPSA) is 132 Å². The first-order valence-electron chi connectivity index (χ1n) is 16.4. The lowest BCUT2D eigenvalue weighted by Gasteiger charge is -2.43. The number of rotatable bonds is 15. The minimum absolute atomic E-state index is 0.0536. The van der Waals surface area contributed by atoms with Gasteiger partial charge in [0.25, 0.3) is 5.88 Å². The fourth-order valence-electron chi connectivity index (χ4n) is 6.98. The third-order valence-corrected chi connectivity index (χ3v) is 9.54. The summed E-state index contributed by atoms with van der Waals surface area (Å²) in [5.41, 5.74) is 1.93. The highest BCUT2D eigenvalue weighted by molar-refractivity contribution is 6.32. The summed E-state index contributed by atoms with van der Waals surface area (Å²) in [6, 6.07) is 7.08. The molecule has 0 amide bonds. The minimum atomic E-state index is -3.18. The maximum Gasteiger partial charge on any atom is 0.304 e. The smallest absolute Gasteiger partial charge is 0.304 e. The second-order valence-corrected chi connectivity index (χ2v) is 13.2. The average Bonchev–Trinajstić information content (AvgIpc) is 3.60. The molecule has 1 saturated carbocycles. The van der Waals surface area contributed by atoms with Crippen molar-refractivity contribution in [1.29, 1.82) is 5.41 Å². The van der Waals surface area contributed by atoms with Crippen LogP contribution in [0.1, 0.15) is 51.5 Å². The van der Waals surface area contributed by atoms with Crippen molar-refractivity contribution in [3.8, 4) is 22.8 Å². The highest BCUT2D eigenvalue weighted by atomic mass is 35.5. The molecule has 260 valence electrons. The Kier molecular flexibility index (Phi) is 10.9. The van der Waals surface area contributed by atoms with E-state index in [1.807, 2.05) is 23.7 Å². The third-order valence-electron chi connectivity index (χ3n) is 9.23. The van der Waals surface area contributed by atoms with E-state index in [0.29, 0.717) is 41.1 Å². The van der Waals surface area contributed by atoms with Gasteiger partial charge in [0.05, 0.1) is 43.4 Å². The summed E-state index contributed by atoms with van der Waals surface area (Å²) < 4.78 is 52.5. The Morgan fingerprint density at radius 3 is 2.42 bits per heavy atom. The van der Waals surface area contributed by atoms with Crippen molar-refractivity contribution in [3.63, 3.8) is 0 Å². The Morgan fingerprint density at radius 1 is 1.04 bits per heavy atom. The summed E-state index contributed by atoms with van der Waals surface area (Å²) in [6.45, 7) is 2.34. The molecule has 3 atom stereocenters. The standard InChI is InChI=1S/C33H43ClF2N8O4/c1-21(12-38-20-37)48-30-11-22(3-10-28(30)34)23-13-39-32(40-14-23)41-29-15-43(42-31(29)47-19-33(35,36)18-45-2)24-4-6-25(7-5-24)44-26-8-9-27(44)17-46-16-26/h3,10-11,13-15,20-21,24-27H,4-9,12,16-19H2,1-2H3,(H2,37,38)(H,39,40,41)/t21-,24-,25-,26-,27+/m0/s1. The van der Waals surface area contributed by atoms with Gasteiger partial charge in [0.2, 0.25) is 5.95 Å². The van der Waals surface area contributed by atoms with Crippen molar-refractivity contribution in [3.05, 3.63) is 41.8 Å². The monoisotopic (exact) mass is 688 g/mol. The van der Waals surface area contributed by atoms with Crippen LogP contribution in [0.15, 0.2) is 36.8 Å². The van der Waals surface area contributed by atoms with Gasteiger partial charge >= 0.3 is 5.92 Å². The lowest BCUT2D eigenvalue weighted by molar-refractivity contribution is -0.0917. The molecule has 2 saturated heterocycles. The predicted molar refractivity (Wildman–Crippen MR) is 178 cm³/mol. The van der Waals surface area contributed by atoms with Crippen LogP contribution in [-0.2, 0) is 9.47 Å². The zero-order valence-electron chi connectivity index (χ0n) is 27.2. The number of fused-ring (bicyclic) bond motifs is 2. The lowest BCUT2D eigenvalue weighted by Crippen LogP contribution is -2.52. The van der Waals surface area contributed by atoms with E-state index in [2.05, 4.69) is 35.3 Å². The summed E-state index contributed by atoms with van der Waals surface area (Å²) in [6.07, 6.45) is 12.3. The van der Waals surface area contributed by atoms with Gasteiger partial charge in [-0.2, -0.15) is 0 Å². The first-order valence-corrected chi connectivity index (χ1v) is 16.8. The number of nitrogens with one attached hydrogen (secondary N) is 3. The minimum Gasteiger partial charge on any atom is -0.487 e. The molecule has 48 heavy (non-hydrogen) atoms. The molecule has 2 aromatic heterocycles. The first-order chi connectivity index (χ1) is 23.2. The van der Waals surface area contributed by atoms with Crippen LogP contribution in [-0.4, -0.2) is 101 Å². The van der Waals surface area contributed by atoms with E-state index in [4.69, 9.17) is 31.2 Å². The third kappa shape index (κ3) is 8.16. The van der Waals surface area contributed by atoms with Crippen molar-refractivity contribution < 1.29 is 27.7 Å². The summed E-state index contributed by atoms with van der Waals surface area (Å²) in [5.74, 6) is -2.37. The maximum absolute atomic E-state index is 14.3. The summed E-state index contributed by atoms with van der Waals surface area (Å²) in [4.78, 5) is 11.7. The fourth-order valence-corrected chi connectivity index (χ4v) is 7.14. The fraction of sp³-hybridized carbons (Fsp3) is 0.576. The van der Waals surface area contributed by atoms with E-state index in [1.54, 1.807) is 24.7 Å². The maximum atomic E-state index is 14.3.